The lowest BCUT2D eigenvalue weighted by Gasteiger charge is -2.34. The Hall–Kier alpha value is -1.02. The smallest absolute Gasteiger partial charge is 0.122 e. The lowest BCUT2D eigenvalue weighted by Crippen LogP contribution is -2.19. The van der Waals surface area contributed by atoms with Crippen LogP contribution in [0, 0.1) is 12.8 Å². The summed E-state index contributed by atoms with van der Waals surface area (Å²) in [4.78, 5) is 0. The SMILES string of the molecule is COc1cc2c(cc1C)[C@@H]([C@@H](C)CCO)CC[C@@H]2C. The highest BCUT2D eigenvalue weighted by atomic mass is 16.5. The van der Waals surface area contributed by atoms with Crippen molar-refractivity contribution in [1.29, 1.82) is 0 Å². The van der Waals surface area contributed by atoms with Crippen LogP contribution in [0.5, 0.6) is 5.75 Å². The summed E-state index contributed by atoms with van der Waals surface area (Å²) in [5, 5.41) is 9.18. The summed E-state index contributed by atoms with van der Waals surface area (Å²) in [5.41, 5.74) is 4.15. The van der Waals surface area contributed by atoms with Crippen molar-refractivity contribution in [2.75, 3.05) is 13.7 Å². The van der Waals surface area contributed by atoms with E-state index in [1.54, 1.807) is 7.11 Å². The average Bonchev–Trinajstić information content (AvgIpc) is 2.38. The van der Waals surface area contributed by atoms with Crippen LogP contribution in [-0.4, -0.2) is 18.8 Å². The molecule has 2 rings (SSSR count). The van der Waals surface area contributed by atoms with Crippen LogP contribution in [0.2, 0.25) is 0 Å². The number of hydrogen-bond acceptors (Lipinski definition) is 2. The van der Waals surface area contributed by atoms with Crippen LogP contribution in [0.4, 0.5) is 0 Å². The van der Waals surface area contributed by atoms with Gasteiger partial charge in [-0.1, -0.05) is 19.9 Å². The number of methoxy groups -OCH3 is 1. The van der Waals surface area contributed by atoms with Crippen molar-refractivity contribution in [3.05, 3.63) is 28.8 Å². The molecule has 0 fully saturated rings. The Bertz CT molecular complexity index is 439. The number of fused-ring (bicyclic) bond motifs is 1. The van der Waals surface area contributed by atoms with E-state index in [-0.39, 0.29) is 6.61 Å². The monoisotopic (exact) mass is 262 g/mol. The standard InChI is InChI=1S/C17H26O2/c1-11-5-6-14(12(2)7-8-18)16-9-13(3)17(19-4)10-15(11)16/h9-12,14,18H,5-8H2,1-4H3/t11-,12-,14+/m0/s1. The normalized spacial score (nSPS) is 23.8. The topological polar surface area (TPSA) is 29.5 Å². The fourth-order valence-electron chi connectivity index (χ4n) is 3.43. The predicted molar refractivity (Wildman–Crippen MR) is 79.0 cm³/mol. The van der Waals surface area contributed by atoms with Gasteiger partial charge in [0.05, 0.1) is 7.11 Å². The molecule has 0 heterocycles. The number of benzene rings is 1. The molecule has 2 heteroatoms. The van der Waals surface area contributed by atoms with Crippen LogP contribution < -0.4 is 4.74 Å². The van der Waals surface area contributed by atoms with Gasteiger partial charge in [0.2, 0.25) is 0 Å². The molecular weight excluding hydrogens is 236 g/mol. The number of aliphatic hydroxyl groups excluding tert-OH is 1. The summed E-state index contributed by atoms with van der Waals surface area (Å²) in [6.45, 7) is 6.98. The first-order valence-electron chi connectivity index (χ1n) is 7.37. The van der Waals surface area contributed by atoms with Crippen LogP contribution in [0.1, 0.15) is 61.6 Å². The lowest BCUT2D eigenvalue weighted by atomic mass is 9.71. The molecule has 1 aromatic carbocycles. The van der Waals surface area contributed by atoms with Crippen molar-refractivity contribution < 1.29 is 9.84 Å². The summed E-state index contributed by atoms with van der Waals surface area (Å²) in [6.07, 6.45) is 3.37. The van der Waals surface area contributed by atoms with Crippen molar-refractivity contribution in [2.24, 2.45) is 5.92 Å². The largest absolute Gasteiger partial charge is 0.496 e. The third-order valence-corrected chi connectivity index (χ3v) is 4.71. The number of aryl methyl sites for hydroxylation is 1. The minimum absolute atomic E-state index is 0.289. The first-order chi connectivity index (χ1) is 9.08. The van der Waals surface area contributed by atoms with Crippen LogP contribution in [0.3, 0.4) is 0 Å². The van der Waals surface area contributed by atoms with Crippen LogP contribution in [0.15, 0.2) is 12.1 Å². The molecular formula is C17H26O2. The maximum Gasteiger partial charge on any atom is 0.122 e. The van der Waals surface area contributed by atoms with Gasteiger partial charge in [-0.15, -0.1) is 0 Å². The summed E-state index contributed by atoms with van der Waals surface area (Å²) in [7, 11) is 1.74. The zero-order chi connectivity index (χ0) is 14.0. The maximum absolute atomic E-state index is 9.18. The summed E-state index contributed by atoms with van der Waals surface area (Å²) < 4.78 is 5.46. The van der Waals surface area contributed by atoms with Gasteiger partial charge in [-0.2, -0.15) is 0 Å². The second kappa shape index (κ2) is 5.96. The number of rotatable bonds is 4. The van der Waals surface area contributed by atoms with Gasteiger partial charge in [-0.3, -0.25) is 0 Å². The fraction of sp³-hybridized carbons (Fsp3) is 0.647. The highest BCUT2D eigenvalue weighted by Crippen LogP contribution is 2.45. The fourth-order valence-corrected chi connectivity index (χ4v) is 3.43. The van der Waals surface area contributed by atoms with E-state index in [4.69, 9.17) is 4.74 Å². The van der Waals surface area contributed by atoms with E-state index in [9.17, 15) is 5.11 Å². The minimum atomic E-state index is 0.289. The Morgan fingerprint density at radius 3 is 2.68 bits per heavy atom. The molecule has 19 heavy (non-hydrogen) atoms. The Balaban J connectivity index is 2.41. The quantitative estimate of drug-likeness (QED) is 0.888. The number of hydrogen-bond donors (Lipinski definition) is 1. The Morgan fingerprint density at radius 2 is 2.05 bits per heavy atom. The predicted octanol–water partition coefficient (Wildman–Crippen LogP) is 4.00. The van der Waals surface area contributed by atoms with Gasteiger partial charge in [0, 0.05) is 6.61 Å². The van der Waals surface area contributed by atoms with E-state index in [0.29, 0.717) is 17.8 Å². The van der Waals surface area contributed by atoms with Crippen molar-refractivity contribution >= 4 is 0 Å². The second-order valence-electron chi connectivity index (χ2n) is 6.03. The highest BCUT2D eigenvalue weighted by molar-refractivity contribution is 5.46. The molecule has 0 amide bonds. The molecule has 0 aromatic heterocycles. The van der Waals surface area contributed by atoms with E-state index < -0.39 is 0 Å². The third-order valence-electron chi connectivity index (χ3n) is 4.71. The first kappa shape index (κ1) is 14.4. The van der Waals surface area contributed by atoms with Crippen molar-refractivity contribution in [1.82, 2.24) is 0 Å². The van der Waals surface area contributed by atoms with Gasteiger partial charge >= 0.3 is 0 Å². The third kappa shape index (κ3) is 2.79. The summed E-state index contributed by atoms with van der Waals surface area (Å²) in [5.74, 6) is 2.75. The minimum Gasteiger partial charge on any atom is -0.496 e. The van der Waals surface area contributed by atoms with E-state index in [0.717, 1.165) is 12.2 Å². The molecule has 0 aliphatic heterocycles. The zero-order valence-electron chi connectivity index (χ0n) is 12.6. The van der Waals surface area contributed by atoms with E-state index in [1.165, 1.54) is 29.5 Å². The molecule has 0 saturated heterocycles. The molecule has 1 aromatic rings. The van der Waals surface area contributed by atoms with Crippen LogP contribution in [-0.2, 0) is 0 Å². The van der Waals surface area contributed by atoms with Gasteiger partial charge < -0.3 is 9.84 Å². The highest BCUT2D eigenvalue weighted by Gasteiger charge is 2.29. The van der Waals surface area contributed by atoms with Gasteiger partial charge in [0.15, 0.2) is 0 Å². The maximum atomic E-state index is 9.18. The Kier molecular flexibility index (Phi) is 4.51. The first-order valence-corrected chi connectivity index (χ1v) is 7.37. The van der Waals surface area contributed by atoms with Crippen LogP contribution >= 0.6 is 0 Å². The molecule has 1 aliphatic rings. The van der Waals surface area contributed by atoms with Crippen molar-refractivity contribution in [3.63, 3.8) is 0 Å². The van der Waals surface area contributed by atoms with E-state index in [1.807, 2.05) is 0 Å². The molecule has 2 nitrogen and oxygen atoms in total. The van der Waals surface area contributed by atoms with Gasteiger partial charge in [-0.05, 0) is 66.7 Å². The van der Waals surface area contributed by atoms with Crippen molar-refractivity contribution in [2.45, 2.75) is 51.9 Å². The molecule has 106 valence electrons. The van der Waals surface area contributed by atoms with Crippen LogP contribution in [0.25, 0.3) is 0 Å². The summed E-state index contributed by atoms with van der Waals surface area (Å²) >= 11 is 0. The molecule has 1 aliphatic carbocycles. The number of aliphatic hydroxyl groups is 1. The zero-order valence-corrected chi connectivity index (χ0v) is 12.6. The molecule has 0 spiro atoms. The molecule has 0 bridgehead atoms. The van der Waals surface area contributed by atoms with E-state index in [2.05, 4.69) is 32.9 Å². The average molecular weight is 262 g/mol. The van der Waals surface area contributed by atoms with Gasteiger partial charge in [-0.25, -0.2) is 0 Å². The Labute approximate surface area is 116 Å². The number of ether oxygens (including phenoxy) is 1. The molecule has 0 radical (unpaired) electrons. The molecule has 0 unspecified atom stereocenters. The molecule has 1 N–H and O–H groups in total. The summed E-state index contributed by atoms with van der Waals surface area (Å²) in [6, 6.07) is 4.54. The Morgan fingerprint density at radius 1 is 1.32 bits per heavy atom. The molecule has 0 saturated carbocycles. The van der Waals surface area contributed by atoms with Crippen molar-refractivity contribution in [3.8, 4) is 5.75 Å². The molecule has 3 atom stereocenters. The van der Waals surface area contributed by atoms with E-state index >= 15 is 0 Å². The van der Waals surface area contributed by atoms with Gasteiger partial charge in [0.25, 0.3) is 0 Å². The second-order valence-corrected chi connectivity index (χ2v) is 6.03. The lowest BCUT2D eigenvalue weighted by molar-refractivity contribution is 0.241. The van der Waals surface area contributed by atoms with Gasteiger partial charge in [0.1, 0.15) is 5.75 Å².